The van der Waals surface area contributed by atoms with E-state index in [-0.39, 0.29) is 23.7 Å². The highest BCUT2D eigenvalue weighted by molar-refractivity contribution is 5.77. The first-order valence-corrected chi connectivity index (χ1v) is 9.58. The van der Waals surface area contributed by atoms with E-state index in [9.17, 15) is 9.18 Å². The third-order valence-corrected chi connectivity index (χ3v) is 5.18. The number of nitrogens with one attached hydrogen (secondary N) is 2. The van der Waals surface area contributed by atoms with Gasteiger partial charge in [-0.15, -0.1) is 0 Å². The second kappa shape index (κ2) is 8.95. The monoisotopic (exact) mass is 371 g/mol. The second-order valence-electron chi connectivity index (χ2n) is 7.34. The Labute approximate surface area is 160 Å². The lowest BCUT2D eigenvalue weighted by atomic mass is 10.1. The minimum absolute atomic E-state index is 0.0348. The summed E-state index contributed by atoms with van der Waals surface area (Å²) in [6.07, 6.45) is 3.64. The number of aromatic nitrogens is 1. The van der Waals surface area contributed by atoms with Gasteiger partial charge in [-0.1, -0.05) is 26.0 Å². The average molecular weight is 371 g/mol. The molecule has 1 fully saturated rings. The zero-order valence-electron chi connectivity index (χ0n) is 16.0. The summed E-state index contributed by atoms with van der Waals surface area (Å²) in [5.41, 5.74) is 1.79. The molecule has 27 heavy (non-hydrogen) atoms. The fraction of sp³-hybridized carbons (Fsp3) is 0.429. The number of pyridine rings is 1. The molecule has 2 N–H and O–H groups in total. The SMILES string of the molecule is CC(C)C(=O)NCC(c1cccnc1)[NH+]1CCN(c2ccccc2F)CC1. The third-order valence-electron chi connectivity index (χ3n) is 5.18. The summed E-state index contributed by atoms with van der Waals surface area (Å²) in [6.45, 7) is 7.70. The number of quaternary nitrogens is 1. The average Bonchev–Trinajstić information content (AvgIpc) is 2.69. The molecule has 1 aromatic heterocycles. The number of para-hydroxylation sites is 1. The highest BCUT2D eigenvalue weighted by atomic mass is 19.1. The molecule has 0 aliphatic carbocycles. The fourth-order valence-corrected chi connectivity index (χ4v) is 3.58. The van der Waals surface area contributed by atoms with E-state index in [0.717, 1.165) is 31.7 Å². The van der Waals surface area contributed by atoms with Crippen LogP contribution in [0.5, 0.6) is 0 Å². The standard InChI is InChI=1S/C21H27FN4O/c1-16(2)21(27)24-15-20(17-6-5-9-23-14-17)26-12-10-25(11-13-26)19-8-4-3-7-18(19)22/h3-9,14,16,20H,10-13,15H2,1-2H3,(H,24,27)/p+1. The zero-order valence-corrected chi connectivity index (χ0v) is 16.0. The maximum atomic E-state index is 14.1. The maximum absolute atomic E-state index is 14.1. The highest BCUT2D eigenvalue weighted by Crippen LogP contribution is 2.18. The van der Waals surface area contributed by atoms with E-state index >= 15 is 0 Å². The lowest BCUT2D eigenvalue weighted by Crippen LogP contribution is -3.15. The summed E-state index contributed by atoms with van der Waals surface area (Å²) in [5.74, 6) is -0.144. The predicted octanol–water partition coefficient (Wildman–Crippen LogP) is 1.44. The van der Waals surface area contributed by atoms with E-state index in [1.54, 1.807) is 12.3 Å². The van der Waals surface area contributed by atoms with Crippen molar-refractivity contribution in [2.24, 2.45) is 5.92 Å². The zero-order chi connectivity index (χ0) is 19.2. The van der Waals surface area contributed by atoms with Crippen LogP contribution in [0.2, 0.25) is 0 Å². The van der Waals surface area contributed by atoms with Crippen LogP contribution in [0, 0.1) is 11.7 Å². The van der Waals surface area contributed by atoms with Gasteiger partial charge in [-0.05, 0) is 24.3 Å². The molecule has 144 valence electrons. The van der Waals surface area contributed by atoms with Crippen LogP contribution in [-0.2, 0) is 4.79 Å². The fourth-order valence-electron chi connectivity index (χ4n) is 3.58. The van der Waals surface area contributed by atoms with Crippen LogP contribution in [-0.4, -0.2) is 43.6 Å². The molecule has 1 saturated heterocycles. The third kappa shape index (κ3) is 4.83. The number of halogens is 1. The molecule has 0 bridgehead atoms. The topological polar surface area (TPSA) is 49.7 Å². The first-order chi connectivity index (χ1) is 13.1. The van der Waals surface area contributed by atoms with Crippen LogP contribution in [0.25, 0.3) is 0 Å². The molecule has 1 amide bonds. The molecule has 3 rings (SSSR count). The molecule has 1 aliphatic rings. The van der Waals surface area contributed by atoms with E-state index in [1.165, 1.54) is 11.0 Å². The number of hydrogen-bond donors (Lipinski definition) is 2. The molecular formula is C21H28FN4O+. The number of carbonyl (C=O) groups excluding carboxylic acids is 1. The van der Waals surface area contributed by atoms with Gasteiger partial charge in [0.1, 0.15) is 11.9 Å². The Morgan fingerprint density at radius 2 is 1.96 bits per heavy atom. The summed E-state index contributed by atoms with van der Waals surface area (Å²) >= 11 is 0. The van der Waals surface area contributed by atoms with Gasteiger partial charge in [-0.3, -0.25) is 9.78 Å². The van der Waals surface area contributed by atoms with E-state index in [2.05, 4.69) is 21.3 Å². The van der Waals surface area contributed by atoms with Gasteiger partial charge in [0.05, 0.1) is 38.4 Å². The molecule has 0 spiro atoms. The molecule has 0 radical (unpaired) electrons. The second-order valence-corrected chi connectivity index (χ2v) is 7.34. The molecule has 5 nitrogen and oxygen atoms in total. The number of hydrogen-bond acceptors (Lipinski definition) is 3. The Morgan fingerprint density at radius 1 is 1.22 bits per heavy atom. The van der Waals surface area contributed by atoms with E-state index < -0.39 is 0 Å². The van der Waals surface area contributed by atoms with Crippen molar-refractivity contribution in [1.82, 2.24) is 10.3 Å². The van der Waals surface area contributed by atoms with Crippen LogP contribution in [0.3, 0.4) is 0 Å². The Balaban J connectivity index is 1.69. The molecule has 0 saturated carbocycles. The van der Waals surface area contributed by atoms with E-state index in [0.29, 0.717) is 12.2 Å². The van der Waals surface area contributed by atoms with Gasteiger partial charge in [0.15, 0.2) is 0 Å². The molecule has 2 aromatic rings. The van der Waals surface area contributed by atoms with Gasteiger partial charge < -0.3 is 15.1 Å². The Hall–Kier alpha value is -2.47. The van der Waals surface area contributed by atoms with Crippen LogP contribution >= 0.6 is 0 Å². The number of rotatable bonds is 6. The summed E-state index contributed by atoms with van der Waals surface area (Å²) in [5, 5.41) is 3.07. The molecule has 1 atom stereocenters. The summed E-state index contributed by atoms with van der Waals surface area (Å²) < 4.78 is 14.1. The highest BCUT2D eigenvalue weighted by Gasteiger charge is 2.30. The summed E-state index contributed by atoms with van der Waals surface area (Å²) in [4.78, 5) is 19.8. The van der Waals surface area contributed by atoms with Crippen molar-refractivity contribution in [3.63, 3.8) is 0 Å². The first-order valence-electron chi connectivity index (χ1n) is 9.58. The Bertz CT molecular complexity index is 745. The molecular weight excluding hydrogens is 343 g/mol. The van der Waals surface area contributed by atoms with Gasteiger partial charge in [0.25, 0.3) is 0 Å². The van der Waals surface area contributed by atoms with Crippen LogP contribution in [0.15, 0.2) is 48.8 Å². The summed E-state index contributed by atoms with van der Waals surface area (Å²) in [6, 6.07) is 11.1. The van der Waals surface area contributed by atoms with Crippen molar-refractivity contribution in [2.75, 3.05) is 37.6 Å². The normalized spacial score (nSPS) is 16.4. The lowest BCUT2D eigenvalue weighted by Gasteiger charge is -2.37. The van der Waals surface area contributed by atoms with Gasteiger partial charge >= 0.3 is 0 Å². The van der Waals surface area contributed by atoms with Crippen LogP contribution < -0.4 is 15.1 Å². The van der Waals surface area contributed by atoms with Gasteiger partial charge in [0, 0.05) is 23.9 Å². The van der Waals surface area contributed by atoms with Crippen LogP contribution in [0.4, 0.5) is 10.1 Å². The molecule has 1 aliphatic heterocycles. The lowest BCUT2D eigenvalue weighted by molar-refractivity contribution is -0.931. The summed E-state index contributed by atoms with van der Waals surface area (Å²) in [7, 11) is 0. The minimum Gasteiger partial charge on any atom is -0.358 e. The van der Waals surface area contributed by atoms with Crippen molar-refractivity contribution in [3.8, 4) is 0 Å². The van der Waals surface area contributed by atoms with E-state index in [1.807, 2.05) is 38.2 Å². The Kier molecular flexibility index (Phi) is 6.40. The predicted molar refractivity (Wildman–Crippen MR) is 104 cm³/mol. The molecule has 1 unspecified atom stereocenters. The number of amides is 1. The van der Waals surface area contributed by atoms with Crippen LogP contribution in [0.1, 0.15) is 25.5 Å². The quantitative estimate of drug-likeness (QED) is 0.808. The molecule has 2 heterocycles. The van der Waals surface area contributed by atoms with E-state index in [4.69, 9.17) is 0 Å². The number of anilines is 1. The van der Waals surface area contributed by atoms with Crippen molar-refractivity contribution < 1.29 is 14.1 Å². The number of benzene rings is 1. The van der Waals surface area contributed by atoms with Gasteiger partial charge in [0.2, 0.25) is 5.91 Å². The smallest absolute Gasteiger partial charge is 0.222 e. The van der Waals surface area contributed by atoms with Crippen molar-refractivity contribution in [2.45, 2.75) is 19.9 Å². The molecule has 6 heteroatoms. The van der Waals surface area contributed by atoms with Crippen molar-refractivity contribution in [1.29, 1.82) is 0 Å². The van der Waals surface area contributed by atoms with Gasteiger partial charge in [-0.2, -0.15) is 0 Å². The number of nitrogens with zero attached hydrogens (tertiary/aromatic N) is 2. The van der Waals surface area contributed by atoms with Crippen molar-refractivity contribution in [3.05, 3.63) is 60.2 Å². The van der Waals surface area contributed by atoms with Crippen molar-refractivity contribution >= 4 is 11.6 Å². The first kappa shape index (κ1) is 19.3. The Morgan fingerprint density at radius 3 is 2.59 bits per heavy atom. The van der Waals surface area contributed by atoms with Gasteiger partial charge in [-0.25, -0.2) is 4.39 Å². The maximum Gasteiger partial charge on any atom is 0.222 e. The number of carbonyl (C=O) groups is 1. The largest absolute Gasteiger partial charge is 0.358 e. The minimum atomic E-state index is -0.172. The molecule has 1 aromatic carbocycles. The number of piperazine rings is 1.